The summed E-state index contributed by atoms with van der Waals surface area (Å²) in [7, 11) is 2.95. The van der Waals surface area contributed by atoms with E-state index in [1.54, 1.807) is 19.2 Å². The van der Waals surface area contributed by atoms with Gasteiger partial charge in [-0.15, -0.1) is 0 Å². The molecule has 7 heteroatoms. The summed E-state index contributed by atoms with van der Waals surface area (Å²) in [6.07, 6.45) is 0.479. The molecule has 1 aromatic carbocycles. The van der Waals surface area contributed by atoms with Crippen LogP contribution in [-0.2, 0) is 9.53 Å². The van der Waals surface area contributed by atoms with E-state index in [-0.39, 0.29) is 18.2 Å². The second kappa shape index (κ2) is 6.36. The van der Waals surface area contributed by atoms with Crippen LogP contribution in [0.25, 0.3) is 11.1 Å². The zero-order valence-electron chi connectivity index (χ0n) is 11.8. The number of oxazole rings is 1. The Bertz CT molecular complexity index is 715. The molecule has 1 unspecified atom stereocenters. The van der Waals surface area contributed by atoms with Crippen LogP contribution in [-0.4, -0.2) is 36.9 Å². The van der Waals surface area contributed by atoms with E-state index >= 15 is 0 Å². The molecule has 0 spiro atoms. The number of carbonyl (C=O) groups excluding carboxylic acids is 2. The number of Topliss-reactive ketones (excluding diaryl/α,β-unsaturated/α-hetero) is 1. The highest BCUT2D eigenvalue weighted by Gasteiger charge is 2.20. The van der Waals surface area contributed by atoms with Crippen molar-refractivity contribution in [2.75, 3.05) is 14.2 Å². The van der Waals surface area contributed by atoms with Gasteiger partial charge in [-0.25, -0.2) is 4.79 Å². The summed E-state index contributed by atoms with van der Waals surface area (Å²) in [5, 5.41) is 2.88. The molecule has 0 fully saturated rings. The van der Waals surface area contributed by atoms with E-state index in [0.717, 1.165) is 0 Å². The highest BCUT2D eigenvalue weighted by atomic mass is 16.5. The molecule has 0 aliphatic heterocycles. The fourth-order valence-corrected chi connectivity index (χ4v) is 2.07. The molecule has 21 heavy (non-hydrogen) atoms. The first-order chi connectivity index (χ1) is 10.0. The Labute approximate surface area is 120 Å². The third-order valence-electron chi connectivity index (χ3n) is 3.24. The number of aromatic amines is 1. The van der Waals surface area contributed by atoms with Gasteiger partial charge in [0.05, 0.1) is 18.7 Å². The summed E-state index contributed by atoms with van der Waals surface area (Å²) in [4.78, 5) is 37.1. The van der Waals surface area contributed by atoms with Crippen LogP contribution < -0.4 is 11.1 Å². The maximum absolute atomic E-state index is 12.4. The summed E-state index contributed by atoms with van der Waals surface area (Å²) >= 11 is 0. The van der Waals surface area contributed by atoms with Gasteiger partial charge in [0.2, 0.25) is 0 Å². The van der Waals surface area contributed by atoms with Crippen molar-refractivity contribution in [2.24, 2.45) is 0 Å². The summed E-state index contributed by atoms with van der Waals surface area (Å²) in [6.45, 7) is 0. The van der Waals surface area contributed by atoms with E-state index in [9.17, 15) is 14.4 Å². The summed E-state index contributed by atoms with van der Waals surface area (Å²) < 4.78 is 9.49. The first kappa shape index (κ1) is 15.0. The van der Waals surface area contributed by atoms with Gasteiger partial charge in [-0.2, -0.15) is 0 Å². The molecule has 0 radical (unpaired) electrons. The average Bonchev–Trinajstić information content (AvgIpc) is 2.86. The second-order valence-electron chi connectivity index (χ2n) is 4.55. The highest BCUT2D eigenvalue weighted by molar-refractivity contribution is 6.02. The molecule has 0 saturated heterocycles. The molecule has 112 valence electrons. The van der Waals surface area contributed by atoms with Gasteiger partial charge in [-0.05, 0) is 31.7 Å². The van der Waals surface area contributed by atoms with Crippen LogP contribution >= 0.6 is 0 Å². The first-order valence-electron chi connectivity index (χ1n) is 6.46. The van der Waals surface area contributed by atoms with Crippen LogP contribution in [0.5, 0.6) is 0 Å². The van der Waals surface area contributed by atoms with Crippen LogP contribution in [0.1, 0.15) is 23.2 Å². The molecule has 2 rings (SSSR count). The van der Waals surface area contributed by atoms with Crippen LogP contribution in [0, 0.1) is 0 Å². The predicted octanol–water partition coefficient (Wildman–Crippen LogP) is 0.845. The maximum Gasteiger partial charge on any atom is 0.417 e. The van der Waals surface area contributed by atoms with Crippen LogP contribution in [0.15, 0.2) is 27.4 Å². The van der Waals surface area contributed by atoms with Gasteiger partial charge in [0.1, 0.15) is 0 Å². The fourth-order valence-electron chi connectivity index (χ4n) is 2.07. The van der Waals surface area contributed by atoms with Crippen molar-refractivity contribution in [3.63, 3.8) is 0 Å². The monoisotopic (exact) mass is 292 g/mol. The highest BCUT2D eigenvalue weighted by Crippen LogP contribution is 2.15. The number of H-pyrrole nitrogens is 1. The Balaban J connectivity index is 2.18. The molecule has 0 aliphatic carbocycles. The number of carbonyl (C=O) groups is 2. The molecular formula is C14H16N2O5. The molecule has 2 aromatic rings. The summed E-state index contributed by atoms with van der Waals surface area (Å²) in [5.74, 6) is -1.10. The number of rotatable bonds is 6. The van der Waals surface area contributed by atoms with Crippen molar-refractivity contribution < 1.29 is 18.7 Å². The van der Waals surface area contributed by atoms with Crippen molar-refractivity contribution >= 4 is 22.9 Å². The molecule has 1 heterocycles. The number of aromatic nitrogens is 1. The number of ketones is 1. The summed E-state index contributed by atoms with van der Waals surface area (Å²) in [6, 6.07) is 4.23. The SMILES string of the molecule is CNC(CCC(=O)OC)C(=O)c1ccc2[nH]c(=O)oc2c1. The smallest absolute Gasteiger partial charge is 0.417 e. The van der Waals surface area contributed by atoms with Gasteiger partial charge < -0.3 is 14.5 Å². The quantitative estimate of drug-likeness (QED) is 0.604. The van der Waals surface area contributed by atoms with Crippen LogP contribution in [0.3, 0.4) is 0 Å². The van der Waals surface area contributed by atoms with Crippen molar-refractivity contribution in [3.8, 4) is 0 Å². The van der Waals surface area contributed by atoms with E-state index in [1.807, 2.05) is 0 Å². The van der Waals surface area contributed by atoms with E-state index in [2.05, 4.69) is 15.0 Å². The van der Waals surface area contributed by atoms with Gasteiger partial charge in [0.25, 0.3) is 0 Å². The lowest BCUT2D eigenvalue weighted by Crippen LogP contribution is -2.34. The Hall–Kier alpha value is -2.41. The minimum absolute atomic E-state index is 0.148. The minimum Gasteiger partial charge on any atom is -0.469 e. The molecule has 7 nitrogen and oxygen atoms in total. The van der Waals surface area contributed by atoms with Crippen molar-refractivity contribution in [2.45, 2.75) is 18.9 Å². The van der Waals surface area contributed by atoms with Crippen LogP contribution in [0.2, 0.25) is 0 Å². The number of benzene rings is 1. The Morgan fingerprint density at radius 3 is 2.86 bits per heavy atom. The minimum atomic E-state index is -0.564. The number of hydrogen-bond acceptors (Lipinski definition) is 6. The third-order valence-corrected chi connectivity index (χ3v) is 3.24. The van der Waals surface area contributed by atoms with E-state index in [0.29, 0.717) is 23.1 Å². The normalized spacial score (nSPS) is 12.3. The summed E-state index contributed by atoms with van der Waals surface area (Å²) in [5.41, 5.74) is 1.27. The second-order valence-corrected chi connectivity index (χ2v) is 4.55. The standard InChI is InChI=1S/C14H16N2O5/c1-15-10(5-6-12(17)20-2)13(18)8-3-4-9-11(7-8)21-14(19)16-9/h3-4,7,10,15H,5-6H2,1-2H3,(H,16,19). The van der Waals surface area contributed by atoms with Gasteiger partial charge in [-0.1, -0.05) is 0 Å². The molecule has 2 N–H and O–H groups in total. The predicted molar refractivity (Wildman–Crippen MR) is 75.3 cm³/mol. The lowest BCUT2D eigenvalue weighted by atomic mass is 10.00. The zero-order valence-corrected chi connectivity index (χ0v) is 11.8. The molecule has 1 aromatic heterocycles. The first-order valence-corrected chi connectivity index (χ1v) is 6.46. The largest absolute Gasteiger partial charge is 0.469 e. The Kier molecular flexibility index (Phi) is 4.54. The van der Waals surface area contributed by atoms with Gasteiger partial charge in [0, 0.05) is 12.0 Å². The van der Waals surface area contributed by atoms with Crippen molar-refractivity contribution in [3.05, 3.63) is 34.3 Å². The van der Waals surface area contributed by atoms with Gasteiger partial charge in [-0.3, -0.25) is 14.6 Å². The lowest BCUT2D eigenvalue weighted by molar-refractivity contribution is -0.140. The number of nitrogens with one attached hydrogen (secondary N) is 2. The Morgan fingerprint density at radius 2 is 2.19 bits per heavy atom. The number of likely N-dealkylation sites (N-methyl/N-ethyl adjacent to an activating group) is 1. The van der Waals surface area contributed by atoms with E-state index in [4.69, 9.17) is 4.42 Å². The van der Waals surface area contributed by atoms with Gasteiger partial charge >= 0.3 is 11.7 Å². The molecule has 0 bridgehead atoms. The number of ether oxygens (including phenoxy) is 1. The van der Waals surface area contributed by atoms with Crippen molar-refractivity contribution in [1.82, 2.24) is 10.3 Å². The fraction of sp³-hybridized carbons (Fsp3) is 0.357. The van der Waals surface area contributed by atoms with Crippen LogP contribution in [0.4, 0.5) is 0 Å². The number of methoxy groups -OCH3 is 1. The van der Waals surface area contributed by atoms with Crippen molar-refractivity contribution in [1.29, 1.82) is 0 Å². The van der Waals surface area contributed by atoms with E-state index in [1.165, 1.54) is 13.2 Å². The Morgan fingerprint density at radius 1 is 1.43 bits per heavy atom. The molecule has 0 aliphatic rings. The number of esters is 1. The average molecular weight is 292 g/mol. The topological polar surface area (TPSA) is 101 Å². The third kappa shape index (κ3) is 3.38. The molecule has 1 atom stereocenters. The molecule has 0 amide bonds. The van der Waals surface area contributed by atoms with E-state index < -0.39 is 11.8 Å². The van der Waals surface area contributed by atoms with Gasteiger partial charge in [0.15, 0.2) is 11.4 Å². The number of hydrogen-bond donors (Lipinski definition) is 2. The zero-order chi connectivity index (χ0) is 15.4. The molecule has 0 saturated carbocycles. The maximum atomic E-state index is 12.4. The molecular weight excluding hydrogens is 276 g/mol. The number of fused-ring (bicyclic) bond motifs is 1. The lowest BCUT2D eigenvalue weighted by Gasteiger charge is -2.14.